The molecule has 0 N–H and O–H groups in total. The average Bonchev–Trinajstić information content (AvgIpc) is 3.27. The van der Waals surface area contributed by atoms with Crippen molar-refractivity contribution in [1.29, 1.82) is 0 Å². The second-order valence-corrected chi connectivity index (χ2v) is 10.3. The van der Waals surface area contributed by atoms with Gasteiger partial charge in [0.2, 0.25) is 5.88 Å². The number of benzene rings is 2. The molecule has 5 aromatic rings. The topological polar surface area (TPSA) is 47.9 Å². The van der Waals surface area contributed by atoms with Crippen LogP contribution in [0.1, 0.15) is 35.8 Å². The maximum atomic E-state index is 6.49. The first-order valence-corrected chi connectivity index (χ1v) is 12.9. The Morgan fingerprint density at radius 1 is 0.941 bits per heavy atom. The van der Waals surface area contributed by atoms with Gasteiger partial charge in [0, 0.05) is 22.8 Å². The molecule has 0 fully saturated rings. The van der Waals surface area contributed by atoms with Crippen molar-refractivity contribution in [2.24, 2.45) is 5.92 Å². The highest BCUT2D eigenvalue weighted by molar-refractivity contribution is 7.18. The largest absolute Gasteiger partial charge is 0.477 e. The van der Waals surface area contributed by atoms with Crippen LogP contribution in [0.5, 0.6) is 5.88 Å². The second kappa shape index (κ2) is 9.15. The summed E-state index contributed by atoms with van der Waals surface area (Å²) >= 11 is 1.81. The second-order valence-electron chi connectivity index (χ2n) is 9.24. The summed E-state index contributed by atoms with van der Waals surface area (Å²) in [4.78, 5) is 16.5. The van der Waals surface area contributed by atoms with E-state index in [0.717, 1.165) is 40.9 Å². The summed E-state index contributed by atoms with van der Waals surface area (Å²) in [7, 11) is 0. The van der Waals surface area contributed by atoms with Crippen LogP contribution in [0.15, 0.2) is 67.0 Å². The molecular weight excluding hydrogens is 438 g/mol. The van der Waals surface area contributed by atoms with Crippen molar-refractivity contribution in [3.05, 3.63) is 83.0 Å². The lowest BCUT2D eigenvalue weighted by Gasteiger charge is -2.16. The summed E-state index contributed by atoms with van der Waals surface area (Å²) in [6.07, 6.45) is 9.25. The summed E-state index contributed by atoms with van der Waals surface area (Å²) in [5.74, 6) is 1.81. The Morgan fingerprint density at radius 2 is 1.76 bits per heavy atom. The minimum absolute atomic E-state index is 0.356. The molecule has 0 spiro atoms. The van der Waals surface area contributed by atoms with Gasteiger partial charge in [-0.2, -0.15) is 4.98 Å². The molecule has 0 radical (unpaired) electrons. The number of nitrogens with zero attached hydrogens (tertiary/aromatic N) is 3. The van der Waals surface area contributed by atoms with E-state index in [0.29, 0.717) is 18.3 Å². The van der Waals surface area contributed by atoms with Crippen molar-refractivity contribution < 1.29 is 4.74 Å². The zero-order valence-corrected chi connectivity index (χ0v) is 20.1. The van der Waals surface area contributed by atoms with Gasteiger partial charge in [0.05, 0.1) is 12.0 Å². The van der Waals surface area contributed by atoms with E-state index in [1.54, 1.807) is 12.4 Å². The van der Waals surface area contributed by atoms with E-state index in [4.69, 9.17) is 14.7 Å². The van der Waals surface area contributed by atoms with Crippen molar-refractivity contribution in [3.8, 4) is 17.3 Å². The van der Waals surface area contributed by atoms with Crippen molar-refractivity contribution in [2.75, 3.05) is 6.61 Å². The third-order valence-corrected chi connectivity index (χ3v) is 7.86. The van der Waals surface area contributed by atoms with Gasteiger partial charge in [-0.15, -0.1) is 11.3 Å². The number of hydrogen-bond donors (Lipinski definition) is 0. The number of pyridine rings is 1. The van der Waals surface area contributed by atoms with Gasteiger partial charge in [0.1, 0.15) is 4.83 Å². The molecule has 2 aromatic carbocycles. The fraction of sp³-hybridized carbons (Fsp3) is 0.276. The fourth-order valence-corrected chi connectivity index (χ4v) is 6.24. The van der Waals surface area contributed by atoms with Crippen molar-refractivity contribution in [3.63, 3.8) is 0 Å². The van der Waals surface area contributed by atoms with Crippen molar-refractivity contribution in [2.45, 2.75) is 39.0 Å². The number of ether oxygens (including phenoxy) is 1. The molecule has 34 heavy (non-hydrogen) atoms. The van der Waals surface area contributed by atoms with Crippen LogP contribution in [0, 0.1) is 5.92 Å². The van der Waals surface area contributed by atoms with Crippen LogP contribution in [0.25, 0.3) is 32.4 Å². The van der Waals surface area contributed by atoms with Crippen LogP contribution in [0.2, 0.25) is 0 Å². The Labute approximate surface area is 203 Å². The van der Waals surface area contributed by atoms with Gasteiger partial charge >= 0.3 is 0 Å². The molecule has 0 saturated heterocycles. The predicted octanol–water partition coefficient (Wildman–Crippen LogP) is 7.04. The minimum Gasteiger partial charge on any atom is -0.477 e. The van der Waals surface area contributed by atoms with Gasteiger partial charge in [-0.1, -0.05) is 49.4 Å². The van der Waals surface area contributed by atoms with Gasteiger partial charge < -0.3 is 4.74 Å². The minimum atomic E-state index is 0.356. The first kappa shape index (κ1) is 21.2. The number of fused-ring (bicyclic) bond motifs is 4. The molecule has 4 nitrogen and oxygen atoms in total. The third-order valence-electron chi connectivity index (χ3n) is 6.67. The number of hydrogen-bond acceptors (Lipinski definition) is 5. The molecule has 170 valence electrons. The van der Waals surface area contributed by atoms with E-state index in [1.807, 2.05) is 23.5 Å². The van der Waals surface area contributed by atoms with Crippen LogP contribution in [-0.4, -0.2) is 21.6 Å². The molecular formula is C29H27N3OS. The van der Waals surface area contributed by atoms with Crippen LogP contribution < -0.4 is 4.74 Å². The lowest BCUT2D eigenvalue weighted by molar-refractivity contribution is 0.254. The lowest BCUT2D eigenvalue weighted by Crippen LogP contribution is -2.13. The van der Waals surface area contributed by atoms with E-state index in [9.17, 15) is 0 Å². The molecule has 0 saturated carbocycles. The van der Waals surface area contributed by atoms with E-state index < -0.39 is 0 Å². The normalized spacial score (nSPS) is 14.3. The monoisotopic (exact) mass is 465 g/mol. The van der Waals surface area contributed by atoms with E-state index >= 15 is 0 Å². The molecule has 0 bridgehead atoms. The van der Waals surface area contributed by atoms with Crippen LogP contribution >= 0.6 is 11.3 Å². The first-order chi connectivity index (χ1) is 16.8. The smallest absolute Gasteiger partial charge is 0.226 e. The number of rotatable bonds is 6. The lowest BCUT2D eigenvalue weighted by atomic mass is 9.96. The molecule has 1 aliphatic carbocycles. The average molecular weight is 466 g/mol. The summed E-state index contributed by atoms with van der Waals surface area (Å²) < 4.78 is 6.49. The number of thiophene rings is 1. The Balaban J connectivity index is 1.31. The summed E-state index contributed by atoms with van der Waals surface area (Å²) in [5, 5.41) is 3.75. The van der Waals surface area contributed by atoms with E-state index in [1.165, 1.54) is 39.6 Å². The van der Waals surface area contributed by atoms with Crippen LogP contribution in [-0.2, 0) is 19.3 Å². The molecule has 1 atom stereocenters. The molecule has 3 heterocycles. The van der Waals surface area contributed by atoms with E-state index in [-0.39, 0.29) is 0 Å². The van der Waals surface area contributed by atoms with Crippen LogP contribution in [0.3, 0.4) is 0 Å². The molecule has 6 rings (SSSR count). The zero-order chi connectivity index (χ0) is 22.9. The summed E-state index contributed by atoms with van der Waals surface area (Å²) in [6.45, 7) is 2.88. The maximum absolute atomic E-state index is 6.49. The van der Waals surface area contributed by atoms with Crippen molar-refractivity contribution >= 4 is 32.3 Å². The molecule has 5 heteroatoms. The highest BCUT2D eigenvalue weighted by Crippen LogP contribution is 2.40. The van der Waals surface area contributed by atoms with Crippen molar-refractivity contribution in [1.82, 2.24) is 15.0 Å². The highest BCUT2D eigenvalue weighted by Gasteiger charge is 2.23. The van der Waals surface area contributed by atoms with Crippen LogP contribution in [0.4, 0.5) is 0 Å². The molecule has 1 aliphatic rings. The van der Waals surface area contributed by atoms with Gasteiger partial charge in [-0.05, 0) is 72.1 Å². The number of aromatic nitrogens is 3. The zero-order valence-electron chi connectivity index (χ0n) is 19.3. The first-order valence-electron chi connectivity index (χ1n) is 12.1. The summed E-state index contributed by atoms with van der Waals surface area (Å²) in [5.41, 5.74) is 3.74. The van der Waals surface area contributed by atoms with Gasteiger partial charge in [0.25, 0.3) is 0 Å². The molecule has 0 aliphatic heterocycles. The Kier molecular flexibility index (Phi) is 5.71. The third kappa shape index (κ3) is 4.05. The van der Waals surface area contributed by atoms with Gasteiger partial charge in [0.15, 0.2) is 5.82 Å². The Bertz CT molecular complexity index is 1460. The maximum Gasteiger partial charge on any atom is 0.226 e. The number of aryl methyl sites for hydroxylation is 2. The molecule has 3 aromatic heterocycles. The quantitative estimate of drug-likeness (QED) is 0.270. The fourth-order valence-electron chi connectivity index (χ4n) is 4.98. The van der Waals surface area contributed by atoms with Gasteiger partial charge in [-0.25, -0.2) is 4.98 Å². The Hall–Kier alpha value is -3.31. The summed E-state index contributed by atoms with van der Waals surface area (Å²) in [6, 6.07) is 19.1. The predicted molar refractivity (Wildman–Crippen MR) is 140 cm³/mol. The molecule has 1 unspecified atom stereocenters. The SMILES string of the molecule is CC(COc1nc(-c2ccncc2)nc2sc3c(c12)CCCC3)Cc1cccc2ccccc12. The molecule has 0 amide bonds. The van der Waals surface area contributed by atoms with Gasteiger partial charge in [-0.3, -0.25) is 4.98 Å². The van der Waals surface area contributed by atoms with E-state index in [2.05, 4.69) is 54.4 Å². The standard InChI is InChI=1S/C29H27N3OS/c1-19(17-22-9-6-8-20-7-2-3-10-23(20)22)18-33-28-26-24-11-4-5-12-25(24)34-29(26)32-27(31-28)21-13-15-30-16-14-21/h2-3,6-10,13-16,19H,4-5,11-12,17-18H2,1H3. The Morgan fingerprint density at radius 3 is 2.68 bits per heavy atom. The highest BCUT2D eigenvalue weighted by atomic mass is 32.1.